The Labute approximate surface area is 269 Å². The topological polar surface area (TPSA) is 85.7 Å². The number of fused-ring (bicyclic) bond motifs is 1. The van der Waals surface area contributed by atoms with Crippen LogP contribution in [0.1, 0.15) is 89.8 Å². The molecule has 9 heteroatoms. The third-order valence-electron chi connectivity index (χ3n) is 9.57. The summed E-state index contributed by atoms with van der Waals surface area (Å²) >= 11 is 0. The molecule has 0 aliphatic carbocycles. The lowest BCUT2D eigenvalue weighted by Gasteiger charge is -2.43. The van der Waals surface area contributed by atoms with Crippen LogP contribution in [0.15, 0.2) is 66.9 Å². The number of anilines is 1. The standard InChI is InChI=1S/C36H50N4O4Si/c1-35(2,3)43-34(42)39-29(19-20-30(39)32(26-12-10-9-11-13-26)44-45(7,8)36(4,5)6)24-25-14-16-27(17-15-25)38-33(41)31-21-18-28-22-23-37-40(28)31/h9-17,22-23,29-32H,18-21,24H2,1-8H3,(H,38,41)/t29-,30+,31+,32+/m0/s1. The molecule has 8 nitrogen and oxygen atoms in total. The van der Waals surface area contributed by atoms with Gasteiger partial charge in [0.15, 0.2) is 8.32 Å². The zero-order valence-electron chi connectivity index (χ0n) is 28.2. The van der Waals surface area contributed by atoms with E-state index in [9.17, 15) is 9.59 Å². The zero-order valence-corrected chi connectivity index (χ0v) is 29.2. The minimum absolute atomic E-state index is 0.0182. The van der Waals surface area contributed by atoms with Crippen molar-refractivity contribution in [3.63, 3.8) is 0 Å². The monoisotopic (exact) mass is 630 g/mol. The molecule has 4 atom stereocenters. The Kier molecular flexibility index (Phi) is 9.34. The molecule has 2 amide bonds. The van der Waals surface area contributed by atoms with Crippen molar-refractivity contribution in [1.82, 2.24) is 14.7 Å². The molecule has 242 valence electrons. The van der Waals surface area contributed by atoms with Gasteiger partial charge in [0, 0.05) is 23.6 Å². The molecule has 1 fully saturated rings. The molecule has 1 N–H and O–H groups in total. The van der Waals surface area contributed by atoms with Gasteiger partial charge in [-0.1, -0.05) is 63.2 Å². The molecule has 3 aromatic rings. The lowest BCUT2D eigenvalue weighted by atomic mass is 10.0. The summed E-state index contributed by atoms with van der Waals surface area (Å²) in [7, 11) is -2.19. The van der Waals surface area contributed by atoms with Crippen molar-refractivity contribution in [1.29, 1.82) is 0 Å². The average molecular weight is 631 g/mol. The Morgan fingerprint density at radius 2 is 1.64 bits per heavy atom. The highest BCUT2D eigenvalue weighted by molar-refractivity contribution is 6.74. The highest BCUT2D eigenvalue weighted by Gasteiger charge is 2.47. The lowest BCUT2D eigenvalue weighted by Crippen LogP contribution is -2.50. The van der Waals surface area contributed by atoms with Crippen LogP contribution in [0.25, 0.3) is 0 Å². The van der Waals surface area contributed by atoms with Crippen LogP contribution in [0.3, 0.4) is 0 Å². The predicted molar refractivity (Wildman–Crippen MR) is 181 cm³/mol. The summed E-state index contributed by atoms with van der Waals surface area (Å²) in [6.07, 6.45) is 5.17. The Balaban J connectivity index is 1.36. The number of benzene rings is 2. The molecular formula is C36H50N4O4Si. The first-order valence-corrected chi connectivity index (χ1v) is 19.2. The van der Waals surface area contributed by atoms with Gasteiger partial charge in [-0.15, -0.1) is 0 Å². The Morgan fingerprint density at radius 3 is 2.29 bits per heavy atom. The second kappa shape index (κ2) is 12.8. The SMILES string of the molecule is CC(C)(C)OC(=O)N1[C@H](Cc2ccc(NC(=O)[C@H]3CCc4ccnn43)cc2)CC[C@@H]1[C@H](O[Si](C)(C)C(C)(C)C)c1ccccc1. The molecule has 0 unspecified atom stereocenters. The summed E-state index contributed by atoms with van der Waals surface area (Å²) in [5, 5.41) is 7.41. The fourth-order valence-corrected chi connectivity index (χ4v) is 7.49. The molecule has 0 radical (unpaired) electrons. The number of ether oxygens (including phenoxy) is 1. The minimum Gasteiger partial charge on any atom is -0.444 e. The fraction of sp³-hybridized carbons (Fsp3) is 0.528. The first-order valence-electron chi connectivity index (χ1n) is 16.3. The van der Waals surface area contributed by atoms with Crippen LogP contribution in [0.5, 0.6) is 0 Å². The number of aryl methyl sites for hydroxylation is 1. The number of carbonyl (C=O) groups is 2. The van der Waals surface area contributed by atoms with Crippen molar-refractivity contribution >= 4 is 26.0 Å². The summed E-state index contributed by atoms with van der Waals surface area (Å²) in [6, 6.07) is 19.8. The number of nitrogens with zero attached hydrogens (tertiary/aromatic N) is 3. The van der Waals surface area contributed by atoms with E-state index in [1.807, 2.05) is 78.9 Å². The number of carbonyl (C=O) groups excluding carboxylic acids is 2. The fourth-order valence-electron chi connectivity index (χ4n) is 6.21. The zero-order chi connectivity index (χ0) is 32.6. The van der Waals surface area contributed by atoms with Crippen molar-refractivity contribution < 1.29 is 18.8 Å². The average Bonchev–Trinajstić information content (AvgIpc) is 3.68. The van der Waals surface area contributed by atoms with E-state index in [1.165, 1.54) is 0 Å². The maximum absolute atomic E-state index is 13.9. The Morgan fingerprint density at radius 1 is 0.956 bits per heavy atom. The minimum atomic E-state index is -2.19. The largest absolute Gasteiger partial charge is 0.444 e. The van der Waals surface area contributed by atoms with E-state index >= 15 is 0 Å². The van der Waals surface area contributed by atoms with Gasteiger partial charge in [-0.2, -0.15) is 5.10 Å². The van der Waals surface area contributed by atoms with E-state index in [4.69, 9.17) is 9.16 Å². The number of likely N-dealkylation sites (tertiary alicyclic amines) is 1. The van der Waals surface area contributed by atoms with E-state index < -0.39 is 13.9 Å². The number of amides is 2. The quantitative estimate of drug-likeness (QED) is 0.254. The predicted octanol–water partition coefficient (Wildman–Crippen LogP) is 8.08. The first kappa shape index (κ1) is 32.9. The van der Waals surface area contributed by atoms with Gasteiger partial charge in [-0.05, 0) is 100 Å². The number of nitrogens with one attached hydrogen (secondary N) is 1. The Bertz CT molecular complexity index is 1470. The molecule has 3 heterocycles. The second-order valence-electron chi connectivity index (χ2n) is 15.1. The summed E-state index contributed by atoms with van der Waals surface area (Å²) in [5.74, 6) is -0.0476. The van der Waals surface area contributed by atoms with Gasteiger partial charge in [-0.3, -0.25) is 14.4 Å². The molecule has 2 aliphatic rings. The van der Waals surface area contributed by atoms with Gasteiger partial charge >= 0.3 is 6.09 Å². The van der Waals surface area contributed by atoms with Gasteiger partial charge in [0.25, 0.3) is 0 Å². The molecule has 5 rings (SSSR count). The highest BCUT2D eigenvalue weighted by Crippen LogP contribution is 2.44. The molecule has 0 spiro atoms. The van der Waals surface area contributed by atoms with E-state index in [-0.39, 0.29) is 41.3 Å². The van der Waals surface area contributed by atoms with Gasteiger partial charge in [0.2, 0.25) is 5.91 Å². The molecule has 2 aromatic carbocycles. The third-order valence-corrected chi connectivity index (χ3v) is 14.0. The molecule has 1 aromatic heterocycles. The van der Waals surface area contributed by atoms with E-state index in [2.05, 4.69) is 56.4 Å². The van der Waals surface area contributed by atoms with Crippen molar-refractivity contribution in [2.75, 3.05) is 5.32 Å². The van der Waals surface area contributed by atoms with Gasteiger partial charge in [0.1, 0.15) is 11.6 Å². The molecular weight excluding hydrogens is 581 g/mol. The van der Waals surface area contributed by atoms with Crippen LogP contribution >= 0.6 is 0 Å². The van der Waals surface area contributed by atoms with Crippen LogP contribution in [-0.4, -0.2) is 52.7 Å². The molecule has 1 saturated heterocycles. The molecule has 0 bridgehead atoms. The van der Waals surface area contributed by atoms with Crippen LogP contribution in [0.4, 0.5) is 10.5 Å². The highest BCUT2D eigenvalue weighted by atomic mass is 28.4. The van der Waals surface area contributed by atoms with Crippen LogP contribution in [0.2, 0.25) is 18.1 Å². The maximum Gasteiger partial charge on any atom is 0.410 e. The molecule has 0 saturated carbocycles. The summed E-state index contributed by atoms with van der Waals surface area (Å²) in [6.45, 7) is 17.0. The Hall–Kier alpha value is -3.43. The van der Waals surface area contributed by atoms with E-state index in [0.717, 1.165) is 48.2 Å². The molecule has 2 aliphatic heterocycles. The number of aromatic nitrogens is 2. The summed E-state index contributed by atoms with van der Waals surface area (Å²) < 4.78 is 15.0. The van der Waals surface area contributed by atoms with Gasteiger partial charge < -0.3 is 14.5 Å². The summed E-state index contributed by atoms with van der Waals surface area (Å²) in [5.41, 5.74) is 3.42. The van der Waals surface area contributed by atoms with Crippen molar-refractivity contribution in [2.24, 2.45) is 0 Å². The van der Waals surface area contributed by atoms with E-state index in [0.29, 0.717) is 6.42 Å². The first-order chi connectivity index (χ1) is 21.1. The lowest BCUT2D eigenvalue weighted by molar-refractivity contribution is -0.119. The van der Waals surface area contributed by atoms with E-state index in [1.54, 1.807) is 6.20 Å². The van der Waals surface area contributed by atoms with Crippen molar-refractivity contribution in [3.8, 4) is 0 Å². The molecule has 45 heavy (non-hydrogen) atoms. The van der Waals surface area contributed by atoms with Crippen LogP contribution < -0.4 is 5.32 Å². The van der Waals surface area contributed by atoms with Crippen molar-refractivity contribution in [2.45, 2.75) is 122 Å². The third kappa shape index (κ3) is 7.52. The van der Waals surface area contributed by atoms with Gasteiger partial charge in [0.05, 0.1) is 12.1 Å². The number of rotatable bonds is 8. The smallest absolute Gasteiger partial charge is 0.410 e. The van der Waals surface area contributed by atoms with Crippen LogP contribution in [-0.2, 0) is 26.8 Å². The van der Waals surface area contributed by atoms with Crippen LogP contribution in [0, 0.1) is 0 Å². The number of hydrogen-bond acceptors (Lipinski definition) is 5. The maximum atomic E-state index is 13.9. The number of hydrogen-bond donors (Lipinski definition) is 1. The summed E-state index contributed by atoms with van der Waals surface area (Å²) in [4.78, 5) is 28.9. The normalized spacial score (nSPS) is 21.0. The second-order valence-corrected chi connectivity index (χ2v) is 19.9. The van der Waals surface area contributed by atoms with Crippen molar-refractivity contribution in [3.05, 3.63) is 83.7 Å². The van der Waals surface area contributed by atoms with Gasteiger partial charge in [-0.25, -0.2) is 4.79 Å².